The molecule has 0 aromatic carbocycles. The molecule has 1 atom stereocenters. The standard InChI is InChI=1S/C13H25NO2/c1-3-4-5-13(15)11-14(2)10-12-6-8-16-9-7-12/h3,12-13,15H,1,4-11H2,2H3. The smallest absolute Gasteiger partial charge is 0.0670 e. The maximum atomic E-state index is 9.77. The second-order valence-electron chi connectivity index (χ2n) is 4.80. The van der Waals surface area contributed by atoms with Crippen LogP contribution in [0.3, 0.4) is 0 Å². The van der Waals surface area contributed by atoms with Crippen LogP contribution in [0.4, 0.5) is 0 Å². The van der Waals surface area contributed by atoms with Crippen molar-refractivity contribution >= 4 is 0 Å². The molecule has 0 saturated carbocycles. The fourth-order valence-corrected chi connectivity index (χ4v) is 2.21. The van der Waals surface area contributed by atoms with Crippen LogP contribution in [-0.4, -0.2) is 49.5 Å². The third kappa shape index (κ3) is 5.64. The highest BCUT2D eigenvalue weighted by Gasteiger charge is 2.16. The van der Waals surface area contributed by atoms with E-state index in [0.29, 0.717) is 0 Å². The predicted molar refractivity (Wildman–Crippen MR) is 66.5 cm³/mol. The van der Waals surface area contributed by atoms with Crippen LogP contribution < -0.4 is 0 Å². The van der Waals surface area contributed by atoms with E-state index in [9.17, 15) is 5.11 Å². The van der Waals surface area contributed by atoms with Crippen LogP contribution in [0.25, 0.3) is 0 Å². The van der Waals surface area contributed by atoms with Crippen molar-refractivity contribution in [3.63, 3.8) is 0 Å². The molecule has 0 aromatic rings. The predicted octanol–water partition coefficient (Wildman–Crippen LogP) is 1.67. The highest BCUT2D eigenvalue weighted by Crippen LogP contribution is 2.15. The van der Waals surface area contributed by atoms with E-state index in [-0.39, 0.29) is 6.10 Å². The average Bonchev–Trinajstić information content (AvgIpc) is 2.27. The van der Waals surface area contributed by atoms with E-state index < -0.39 is 0 Å². The van der Waals surface area contributed by atoms with Gasteiger partial charge in [0.05, 0.1) is 6.10 Å². The summed E-state index contributed by atoms with van der Waals surface area (Å²) in [6.45, 7) is 7.31. The first-order valence-corrected chi connectivity index (χ1v) is 6.27. The largest absolute Gasteiger partial charge is 0.392 e. The average molecular weight is 227 g/mol. The Labute approximate surface area is 99.1 Å². The summed E-state index contributed by atoms with van der Waals surface area (Å²) in [6, 6.07) is 0. The summed E-state index contributed by atoms with van der Waals surface area (Å²) in [4.78, 5) is 2.24. The number of hydrogen-bond donors (Lipinski definition) is 1. The molecular formula is C13H25NO2. The van der Waals surface area contributed by atoms with Crippen molar-refractivity contribution in [2.75, 3.05) is 33.4 Å². The lowest BCUT2D eigenvalue weighted by Crippen LogP contribution is -2.34. The van der Waals surface area contributed by atoms with Crippen LogP contribution in [0.2, 0.25) is 0 Å². The van der Waals surface area contributed by atoms with Crippen LogP contribution in [0, 0.1) is 5.92 Å². The zero-order chi connectivity index (χ0) is 11.8. The van der Waals surface area contributed by atoms with Gasteiger partial charge in [0, 0.05) is 26.3 Å². The fourth-order valence-electron chi connectivity index (χ4n) is 2.21. The van der Waals surface area contributed by atoms with Gasteiger partial charge in [-0.05, 0) is 38.6 Å². The molecule has 16 heavy (non-hydrogen) atoms. The lowest BCUT2D eigenvalue weighted by molar-refractivity contribution is 0.0471. The minimum Gasteiger partial charge on any atom is -0.392 e. The zero-order valence-corrected chi connectivity index (χ0v) is 10.4. The van der Waals surface area contributed by atoms with E-state index in [0.717, 1.165) is 57.9 Å². The van der Waals surface area contributed by atoms with E-state index in [1.54, 1.807) is 0 Å². The summed E-state index contributed by atoms with van der Waals surface area (Å²) in [5.41, 5.74) is 0. The first-order chi connectivity index (χ1) is 7.72. The minimum atomic E-state index is -0.220. The van der Waals surface area contributed by atoms with E-state index in [1.165, 1.54) is 0 Å². The van der Waals surface area contributed by atoms with Gasteiger partial charge in [0.15, 0.2) is 0 Å². The van der Waals surface area contributed by atoms with E-state index in [4.69, 9.17) is 4.74 Å². The van der Waals surface area contributed by atoms with Gasteiger partial charge >= 0.3 is 0 Å². The Bertz CT molecular complexity index is 190. The highest BCUT2D eigenvalue weighted by molar-refractivity contribution is 4.73. The minimum absolute atomic E-state index is 0.220. The van der Waals surface area contributed by atoms with Gasteiger partial charge < -0.3 is 14.7 Å². The molecule has 0 aromatic heterocycles. The third-order valence-corrected chi connectivity index (χ3v) is 3.14. The Morgan fingerprint density at radius 2 is 2.19 bits per heavy atom. The molecule has 1 aliphatic heterocycles. The number of nitrogens with zero attached hydrogens (tertiary/aromatic N) is 1. The number of hydrogen-bond acceptors (Lipinski definition) is 3. The highest BCUT2D eigenvalue weighted by atomic mass is 16.5. The Morgan fingerprint density at radius 1 is 1.50 bits per heavy atom. The summed E-state index contributed by atoms with van der Waals surface area (Å²) in [5, 5.41) is 9.77. The number of allylic oxidation sites excluding steroid dienone is 1. The topological polar surface area (TPSA) is 32.7 Å². The number of likely N-dealkylation sites (N-methyl/N-ethyl adjacent to an activating group) is 1. The van der Waals surface area contributed by atoms with Gasteiger partial charge in [0.1, 0.15) is 0 Å². The normalized spacial score (nSPS) is 19.9. The van der Waals surface area contributed by atoms with Crippen molar-refractivity contribution in [3.05, 3.63) is 12.7 Å². The van der Waals surface area contributed by atoms with Crippen molar-refractivity contribution < 1.29 is 9.84 Å². The molecular weight excluding hydrogens is 202 g/mol. The first kappa shape index (κ1) is 13.7. The molecule has 0 amide bonds. The van der Waals surface area contributed by atoms with Gasteiger partial charge in [0.2, 0.25) is 0 Å². The Balaban J connectivity index is 2.13. The van der Waals surface area contributed by atoms with Crippen LogP contribution in [0.15, 0.2) is 12.7 Å². The summed E-state index contributed by atoms with van der Waals surface area (Å²) in [6.07, 6.45) is 5.68. The van der Waals surface area contributed by atoms with Crippen LogP contribution in [-0.2, 0) is 4.74 Å². The monoisotopic (exact) mass is 227 g/mol. The Morgan fingerprint density at radius 3 is 2.81 bits per heavy atom. The van der Waals surface area contributed by atoms with Crippen LogP contribution in [0.1, 0.15) is 25.7 Å². The SMILES string of the molecule is C=CCCC(O)CN(C)CC1CCOCC1. The molecule has 0 radical (unpaired) electrons. The van der Waals surface area contributed by atoms with Crippen LogP contribution in [0.5, 0.6) is 0 Å². The molecule has 1 N–H and O–H groups in total. The van der Waals surface area contributed by atoms with Gasteiger partial charge in [-0.3, -0.25) is 0 Å². The van der Waals surface area contributed by atoms with Crippen molar-refractivity contribution in [2.24, 2.45) is 5.92 Å². The lowest BCUT2D eigenvalue weighted by Gasteiger charge is -2.28. The third-order valence-electron chi connectivity index (χ3n) is 3.14. The summed E-state index contributed by atoms with van der Waals surface area (Å²) in [7, 11) is 2.09. The molecule has 0 spiro atoms. The summed E-state index contributed by atoms with van der Waals surface area (Å²) >= 11 is 0. The first-order valence-electron chi connectivity index (χ1n) is 6.27. The number of aliphatic hydroxyl groups excluding tert-OH is 1. The molecule has 0 aliphatic carbocycles. The molecule has 1 heterocycles. The molecule has 94 valence electrons. The van der Waals surface area contributed by atoms with Gasteiger partial charge in [-0.1, -0.05) is 6.08 Å². The van der Waals surface area contributed by atoms with Gasteiger partial charge in [0.25, 0.3) is 0 Å². The molecule has 3 nitrogen and oxygen atoms in total. The second-order valence-corrected chi connectivity index (χ2v) is 4.80. The second kappa shape index (κ2) is 7.82. The number of ether oxygens (including phenoxy) is 1. The van der Waals surface area contributed by atoms with Gasteiger partial charge in [-0.15, -0.1) is 6.58 Å². The van der Waals surface area contributed by atoms with Gasteiger partial charge in [-0.25, -0.2) is 0 Å². The van der Waals surface area contributed by atoms with Gasteiger partial charge in [-0.2, -0.15) is 0 Å². The van der Waals surface area contributed by atoms with Crippen molar-refractivity contribution in [3.8, 4) is 0 Å². The maximum absolute atomic E-state index is 9.77. The fraction of sp³-hybridized carbons (Fsp3) is 0.846. The summed E-state index contributed by atoms with van der Waals surface area (Å²) < 4.78 is 5.34. The maximum Gasteiger partial charge on any atom is 0.0670 e. The number of aliphatic hydroxyl groups is 1. The van der Waals surface area contributed by atoms with Crippen molar-refractivity contribution in [1.29, 1.82) is 0 Å². The quantitative estimate of drug-likeness (QED) is 0.672. The Kier molecular flexibility index (Phi) is 6.69. The molecule has 0 bridgehead atoms. The van der Waals surface area contributed by atoms with E-state index in [1.807, 2.05) is 6.08 Å². The zero-order valence-electron chi connectivity index (χ0n) is 10.4. The summed E-state index contributed by atoms with van der Waals surface area (Å²) in [5.74, 6) is 0.741. The molecule has 3 heteroatoms. The van der Waals surface area contributed by atoms with E-state index >= 15 is 0 Å². The molecule has 1 rings (SSSR count). The molecule has 1 saturated heterocycles. The molecule has 1 aliphatic rings. The van der Waals surface area contributed by atoms with Crippen molar-refractivity contribution in [1.82, 2.24) is 4.90 Å². The molecule has 1 unspecified atom stereocenters. The number of rotatable bonds is 7. The van der Waals surface area contributed by atoms with Crippen molar-refractivity contribution in [2.45, 2.75) is 31.8 Å². The van der Waals surface area contributed by atoms with E-state index in [2.05, 4.69) is 18.5 Å². The molecule has 1 fully saturated rings. The lowest BCUT2D eigenvalue weighted by atomic mass is 10.00. The van der Waals surface area contributed by atoms with Crippen LogP contribution >= 0.6 is 0 Å². The Hall–Kier alpha value is -0.380.